The molecule has 5 heteroatoms. The molecule has 25 heavy (non-hydrogen) atoms. The maximum absolute atomic E-state index is 12.8. The quantitative estimate of drug-likeness (QED) is 0.842. The van der Waals surface area contributed by atoms with Crippen molar-refractivity contribution in [1.82, 2.24) is 14.8 Å². The van der Waals surface area contributed by atoms with Crippen molar-refractivity contribution in [3.8, 4) is 11.1 Å². The fourth-order valence-electron chi connectivity index (χ4n) is 3.74. The molecule has 3 heterocycles. The molecule has 1 fully saturated rings. The summed E-state index contributed by atoms with van der Waals surface area (Å²) in [5.41, 5.74) is 4.36. The number of aromatic nitrogens is 1. The van der Waals surface area contributed by atoms with Gasteiger partial charge in [-0.2, -0.15) is 0 Å². The van der Waals surface area contributed by atoms with Gasteiger partial charge >= 0.3 is 0 Å². The molecule has 0 saturated carbocycles. The Hall–Kier alpha value is -1.91. The first kappa shape index (κ1) is 17.9. The zero-order chi connectivity index (χ0) is 16.4. The lowest BCUT2D eigenvalue weighted by atomic mass is 9.94. The number of nitrogens with zero attached hydrogens (tertiary/aromatic N) is 3. The highest BCUT2D eigenvalue weighted by atomic mass is 35.5. The van der Waals surface area contributed by atoms with E-state index < -0.39 is 0 Å². The van der Waals surface area contributed by atoms with Crippen LogP contribution in [0.4, 0.5) is 0 Å². The first-order valence-electron chi connectivity index (χ1n) is 8.86. The molecular weight excluding hydrogens is 334 g/mol. The van der Waals surface area contributed by atoms with E-state index in [4.69, 9.17) is 0 Å². The largest absolute Gasteiger partial charge is 0.337 e. The molecule has 0 aliphatic carbocycles. The number of hydrogen-bond donors (Lipinski definition) is 0. The summed E-state index contributed by atoms with van der Waals surface area (Å²) in [5.74, 6) is 0.191. The SMILES string of the molecule is Cl.O=C1c2ccc(-c3ccncc3)cc2CCN1CCN1CCCC1. The highest BCUT2D eigenvalue weighted by Gasteiger charge is 2.25. The standard InChI is InChI=1S/C20H23N3O.ClH/c24-20-19-4-3-17(16-5-8-21-9-6-16)15-18(19)7-12-23(20)14-13-22-10-1-2-11-22;/h3-6,8-9,15H,1-2,7,10-14H2;1H. The van der Waals surface area contributed by atoms with Gasteiger partial charge in [-0.05, 0) is 67.2 Å². The molecule has 2 aromatic rings. The van der Waals surface area contributed by atoms with Crippen LogP contribution in [0.25, 0.3) is 11.1 Å². The Morgan fingerprint density at radius 1 is 0.920 bits per heavy atom. The molecule has 2 aliphatic heterocycles. The van der Waals surface area contributed by atoms with Gasteiger partial charge in [-0.3, -0.25) is 9.78 Å². The maximum Gasteiger partial charge on any atom is 0.254 e. The average molecular weight is 358 g/mol. The number of hydrogen-bond acceptors (Lipinski definition) is 3. The number of likely N-dealkylation sites (tertiary alicyclic amines) is 1. The van der Waals surface area contributed by atoms with E-state index in [0.717, 1.165) is 42.7 Å². The number of pyridine rings is 1. The maximum atomic E-state index is 12.8. The van der Waals surface area contributed by atoms with Gasteiger partial charge in [0.15, 0.2) is 0 Å². The van der Waals surface area contributed by atoms with Crippen LogP contribution in [-0.2, 0) is 6.42 Å². The van der Waals surface area contributed by atoms with Crippen LogP contribution >= 0.6 is 12.4 Å². The summed E-state index contributed by atoms with van der Waals surface area (Å²) in [5, 5.41) is 0. The highest BCUT2D eigenvalue weighted by molar-refractivity contribution is 5.97. The normalized spacial score (nSPS) is 17.3. The van der Waals surface area contributed by atoms with E-state index in [1.54, 1.807) is 12.4 Å². The Labute approximate surface area is 155 Å². The van der Waals surface area contributed by atoms with Crippen molar-refractivity contribution in [2.45, 2.75) is 19.3 Å². The van der Waals surface area contributed by atoms with Crippen LogP contribution in [0.2, 0.25) is 0 Å². The monoisotopic (exact) mass is 357 g/mol. The van der Waals surface area contributed by atoms with Gasteiger partial charge in [-0.1, -0.05) is 12.1 Å². The zero-order valence-corrected chi connectivity index (χ0v) is 15.2. The van der Waals surface area contributed by atoms with Crippen LogP contribution in [0.15, 0.2) is 42.7 Å². The summed E-state index contributed by atoms with van der Waals surface area (Å²) in [6, 6.07) is 10.2. The average Bonchev–Trinajstić information content (AvgIpc) is 3.15. The van der Waals surface area contributed by atoms with Gasteiger partial charge in [0.2, 0.25) is 0 Å². The zero-order valence-electron chi connectivity index (χ0n) is 14.4. The second kappa shape index (κ2) is 7.98. The van der Waals surface area contributed by atoms with E-state index in [9.17, 15) is 4.79 Å². The minimum Gasteiger partial charge on any atom is -0.337 e. The first-order chi connectivity index (χ1) is 11.8. The number of benzene rings is 1. The molecule has 1 aromatic carbocycles. The summed E-state index contributed by atoms with van der Waals surface area (Å²) in [6.07, 6.45) is 7.16. The van der Waals surface area contributed by atoms with Crippen molar-refractivity contribution in [2.75, 3.05) is 32.7 Å². The van der Waals surface area contributed by atoms with Gasteiger partial charge in [0, 0.05) is 37.6 Å². The number of rotatable bonds is 4. The number of carbonyl (C=O) groups is 1. The molecule has 1 saturated heterocycles. The Bertz CT molecular complexity index is 729. The lowest BCUT2D eigenvalue weighted by Gasteiger charge is -2.30. The van der Waals surface area contributed by atoms with Crippen LogP contribution in [0.3, 0.4) is 0 Å². The molecule has 0 atom stereocenters. The van der Waals surface area contributed by atoms with Crippen molar-refractivity contribution in [2.24, 2.45) is 0 Å². The smallest absolute Gasteiger partial charge is 0.254 e. The Balaban J connectivity index is 0.00000182. The second-order valence-corrected chi connectivity index (χ2v) is 6.70. The van der Waals surface area contributed by atoms with Crippen LogP contribution in [-0.4, -0.2) is 53.4 Å². The van der Waals surface area contributed by atoms with Crippen molar-refractivity contribution in [3.05, 3.63) is 53.9 Å². The van der Waals surface area contributed by atoms with Crippen molar-refractivity contribution in [3.63, 3.8) is 0 Å². The van der Waals surface area contributed by atoms with E-state index in [1.165, 1.54) is 31.5 Å². The number of fused-ring (bicyclic) bond motifs is 1. The molecular formula is C20H24ClN3O. The fourth-order valence-corrected chi connectivity index (χ4v) is 3.74. The molecule has 0 bridgehead atoms. The van der Waals surface area contributed by atoms with E-state index in [1.807, 2.05) is 23.1 Å². The minimum atomic E-state index is 0. The fraction of sp³-hybridized carbons (Fsp3) is 0.400. The molecule has 4 nitrogen and oxygen atoms in total. The van der Waals surface area contributed by atoms with Gasteiger partial charge in [0.1, 0.15) is 0 Å². The first-order valence-corrected chi connectivity index (χ1v) is 8.86. The summed E-state index contributed by atoms with van der Waals surface area (Å²) >= 11 is 0. The van der Waals surface area contributed by atoms with Crippen LogP contribution in [0.5, 0.6) is 0 Å². The van der Waals surface area contributed by atoms with Crippen LogP contribution < -0.4 is 0 Å². The van der Waals surface area contributed by atoms with Gasteiger partial charge in [-0.15, -0.1) is 12.4 Å². The second-order valence-electron chi connectivity index (χ2n) is 6.70. The third-order valence-corrected chi connectivity index (χ3v) is 5.17. The van der Waals surface area contributed by atoms with Gasteiger partial charge in [0.05, 0.1) is 0 Å². The van der Waals surface area contributed by atoms with Crippen molar-refractivity contribution in [1.29, 1.82) is 0 Å². The Morgan fingerprint density at radius 2 is 1.68 bits per heavy atom. The summed E-state index contributed by atoms with van der Waals surface area (Å²) in [7, 11) is 0. The molecule has 0 spiro atoms. The van der Waals surface area contributed by atoms with Crippen molar-refractivity contribution >= 4 is 18.3 Å². The molecule has 4 rings (SSSR count). The van der Waals surface area contributed by atoms with Gasteiger partial charge in [-0.25, -0.2) is 0 Å². The van der Waals surface area contributed by atoms with Crippen LogP contribution in [0, 0.1) is 0 Å². The molecule has 1 aromatic heterocycles. The molecule has 1 amide bonds. The highest BCUT2D eigenvalue weighted by Crippen LogP contribution is 2.26. The van der Waals surface area contributed by atoms with Crippen molar-refractivity contribution < 1.29 is 4.79 Å². The predicted octanol–water partition coefficient (Wildman–Crippen LogP) is 3.26. The summed E-state index contributed by atoms with van der Waals surface area (Å²) < 4.78 is 0. The third kappa shape index (κ3) is 3.86. The lowest BCUT2D eigenvalue weighted by molar-refractivity contribution is 0.0724. The van der Waals surface area contributed by atoms with E-state index in [2.05, 4.69) is 22.0 Å². The van der Waals surface area contributed by atoms with Gasteiger partial charge < -0.3 is 9.80 Å². The number of carbonyl (C=O) groups excluding carboxylic acids is 1. The Kier molecular flexibility index (Phi) is 5.71. The molecule has 0 radical (unpaired) electrons. The number of amides is 1. The third-order valence-electron chi connectivity index (χ3n) is 5.17. The predicted molar refractivity (Wildman–Crippen MR) is 102 cm³/mol. The molecule has 0 unspecified atom stereocenters. The molecule has 132 valence electrons. The van der Waals surface area contributed by atoms with E-state index >= 15 is 0 Å². The topological polar surface area (TPSA) is 36.4 Å². The van der Waals surface area contributed by atoms with Crippen LogP contribution in [0.1, 0.15) is 28.8 Å². The lowest BCUT2D eigenvalue weighted by Crippen LogP contribution is -2.42. The number of halogens is 1. The summed E-state index contributed by atoms with van der Waals surface area (Å²) in [4.78, 5) is 21.3. The van der Waals surface area contributed by atoms with Gasteiger partial charge in [0.25, 0.3) is 5.91 Å². The molecule has 0 N–H and O–H groups in total. The van der Waals surface area contributed by atoms with E-state index in [-0.39, 0.29) is 18.3 Å². The minimum absolute atomic E-state index is 0. The molecule has 2 aliphatic rings. The Morgan fingerprint density at radius 3 is 2.44 bits per heavy atom. The van der Waals surface area contributed by atoms with E-state index in [0.29, 0.717) is 0 Å². The summed E-state index contributed by atoms with van der Waals surface area (Å²) in [6.45, 7) is 5.07.